The molecule has 0 fully saturated rings. The Hall–Kier alpha value is -3.34. The van der Waals surface area contributed by atoms with Gasteiger partial charge in [-0.15, -0.1) is 0 Å². The molecule has 138 valence electrons. The fraction of sp³-hybridized carbons (Fsp3) is 0.182. The summed E-state index contributed by atoms with van der Waals surface area (Å²) in [5.41, 5.74) is 3.54. The standard InChI is InChI=1S/C22H23N3O2/c1-3-27-20-7-5-4-6-19(20)25-22(26)18-12-13-21(24-15-18)23-14-17-10-8-16(2)9-11-17/h4-13,15H,3,14H2,1-2H3,(H,23,24)(H,25,26). The van der Waals surface area contributed by atoms with Crippen molar-refractivity contribution in [1.29, 1.82) is 0 Å². The Morgan fingerprint density at radius 2 is 1.81 bits per heavy atom. The summed E-state index contributed by atoms with van der Waals surface area (Å²) in [5.74, 6) is 1.15. The Bertz CT molecular complexity index is 890. The van der Waals surface area contributed by atoms with Crippen LogP contribution < -0.4 is 15.4 Å². The van der Waals surface area contributed by atoms with Crippen molar-refractivity contribution in [3.8, 4) is 5.75 Å². The monoisotopic (exact) mass is 361 g/mol. The number of hydrogen-bond donors (Lipinski definition) is 2. The summed E-state index contributed by atoms with van der Waals surface area (Å²) in [4.78, 5) is 16.8. The van der Waals surface area contributed by atoms with Crippen LogP contribution in [0.2, 0.25) is 0 Å². The van der Waals surface area contributed by atoms with E-state index in [1.807, 2.05) is 31.2 Å². The highest BCUT2D eigenvalue weighted by atomic mass is 16.5. The van der Waals surface area contributed by atoms with Crippen LogP contribution in [-0.2, 0) is 6.54 Å². The van der Waals surface area contributed by atoms with Gasteiger partial charge in [-0.2, -0.15) is 0 Å². The maximum Gasteiger partial charge on any atom is 0.257 e. The van der Waals surface area contributed by atoms with Gasteiger partial charge in [0.25, 0.3) is 5.91 Å². The third kappa shape index (κ3) is 5.07. The molecular formula is C22H23N3O2. The van der Waals surface area contributed by atoms with Crippen LogP contribution in [0.1, 0.15) is 28.4 Å². The van der Waals surface area contributed by atoms with Gasteiger partial charge in [0.05, 0.1) is 17.9 Å². The van der Waals surface area contributed by atoms with E-state index in [9.17, 15) is 4.79 Å². The first-order valence-electron chi connectivity index (χ1n) is 8.94. The molecule has 1 heterocycles. The number of hydrogen-bond acceptors (Lipinski definition) is 4. The van der Waals surface area contributed by atoms with Gasteiger partial charge >= 0.3 is 0 Å². The quantitative estimate of drug-likeness (QED) is 0.643. The van der Waals surface area contributed by atoms with E-state index in [4.69, 9.17) is 4.74 Å². The van der Waals surface area contributed by atoms with Gasteiger partial charge in [-0.05, 0) is 43.7 Å². The minimum Gasteiger partial charge on any atom is -0.492 e. The molecule has 2 N–H and O–H groups in total. The van der Waals surface area contributed by atoms with Crippen LogP contribution >= 0.6 is 0 Å². The lowest BCUT2D eigenvalue weighted by molar-refractivity contribution is 0.102. The lowest BCUT2D eigenvalue weighted by Crippen LogP contribution is -2.13. The Labute approximate surface area is 159 Å². The molecule has 0 aliphatic rings. The molecule has 2 aromatic carbocycles. The average Bonchev–Trinajstić information content (AvgIpc) is 2.69. The number of pyridine rings is 1. The fourth-order valence-corrected chi connectivity index (χ4v) is 2.58. The van der Waals surface area contributed by atoms with E-state index in [1.165, 1.54) is 11.1 Å². The number of aromatic nitrogens is 1. The third-order valence-electron chi connectivity index (χ3n) is 4.06. The molecule has 0 unspecified atom stereocenters. The number of para-hydroxylation sites is 2. The predicted octanol–water partition coefficient (Wildman–Crippen LogP) is 4.65. The van der Waals surface area contributed by atoms with Gasteiger partial charge in [-0.3, -0.25) is 4.79 Å². The number of carbonyl (C=O) groups excluding carboxylic acids is 1. The van der Waals surface area contributed by atoms with Crippen molar-refractivity contribution in [3.63, 3.8) is 0 Å². The molecule has 1 amide bonds. The van der Waals surface area contributed by atoms with Crippen LogP contribution in [0.3, 0.4) is 0 Å². The first kappa shape index (κ1) is 18.5. The largest absolute Gasteiger partial charge is 0.492 e. The highest BCUT2D eigenvalue weighted by molar-refractivity contribution is 6.04. The number of rotatable bonds is 7. The van der Waals surface area contributed by atoms with E-state index in [1.54, 1.807) is 18.3 Å². The first-order valence-corrected chi connectivity index (χ1v) is 8.94. The van der Waals surface area contributed by atoms with Crippen LogP contribution in [0.25, 0.3) is 0 Å². The fourth-order valence-electron chi connectivity index (χ4n) is 2.58. The minimum atomic E-state index is -0.222. The van der Waals surface area contributed by atoms with Crippen molar-refractivity contribution >= 4 is 17.4 Å². The third-order valence-corrected chi connectivity index (χ3v) is 4.06. The van der Waals surface area contributed by atoms with Crippen LogP contribution in [0.5, 0.6) is 5.75 Å². The lowest BCUT2D eigenvalue weighted by Gasteiger charge is -2.11. The lowest BCUT2D eigenvalue weighted by atomic mass is 10.1. The Morgan fingerprint density at radius 3 is 2.52 bits per heavy atom. The molecule has 0 aliphatic carbocycles. The van der Waals surface area contributed by atoms with Crippen LogP contribution in [0.4, 0.5) is 11.5 Å². The zero-order chi connectivity index (χ0) is 19.1. The molecule has 0 saturated heterocycles. The summed E-state index contributed by atoms with van der Waals surface area (Å²) in [5, 5.41) is 6.13. The number of benzene rings is 2. The summed E-state index contributed by atoms with van der Waals surface area (Å²) in [6, 6.07) is 19.3. The predicted molar refractivity (Wildman–Crippen MR) is 108 cm³/mol. The molecule has 0 bridgehead atoms. The number of anilines is 2. The van der Waals surface area contributed by atoms with E-state index in [2.05, 4.69) is 46.8 Å². The molecule has 5 heteroatoms. The topological polar surface area (TPSA) is 63.2 Å². The summed E-state index contributed by atoms with van der Waals surface area (Å²) in [6.45, 7) is 5.19. The number of nitrogens with one attached hydrogen (secondary N) is 2. The van der Waals surface area contributed by atoms with Gasteiger partial charge in [-0.25, -0.2) is 4.98 Å². The number of carbonyl (C=O) groups is 1. The second-order valence-corrected chi connectivity index (χ2v) is 6.15. The van der Waals surface area contributed by atoms with E-state index in [0.717, 1.165) is 5.82 Å². The van der Waals surface area contributed by atoms with E-state index in [-0.39, 0.29) is 5.91 Å². The SMILES string of the molecule is CCOc1ccccc1NC(=O)c1ccc(NCc2ccc(C)cc2)nc1. The molecule has 0 saturated carbocycles. The van der Waals surface area contributed by atoms with Crippen LogP contribution in [0.15, 0.2) is 66.9 Å². The van der Waals surface area contributed by atoms with E-state index >= 15 is 0 Å². The second-order valence-electron chi connectivity index (χ2n) is 6.15. The Balaban J connectivity index is 1.61. The molecular weight excluding hydrogens is 338 g/mol. The van der Waals surface area contributed by atoms with Gasteiger partial charge in [0.1, 0.15) is 11.6 Å². The number of nitrogens with zero attached hydrogens (tertiary/aromatic N) is 1. The molecule has 0 radical (unpaired) electrons. The molecule has 1 aromatic heterocycles. The number of aryl methyl sites for hydroxylation is 1. The van der Waals surface area contributed by atoms with Crippen molar-refractivity contribution < 1.29 is 9.53 Å². The summed E-state index contributed by atoms with van der Waals surface area (Å²) in [6.07, 6.45) is 1.57. The smallest absolute Gasteiger partial charge is 0.257 e. The van der Waals surface area contributed by atoms with Crippen molar-refractivity contribution in [2.45, 2.75) is 20.4 Å². The van der Waals surface area contributed by atoms with Gasteiger partial charge < -0.3 is 15.4 Å². The second kappa shape index (κ2) is 8.85. The molecule has 3 rings (SSSR count). The molecule has 0 aliphatic heterocycles. The summed E-state index contributed by atoms with van der Waals surface area (Å²) in [7, 11) is 0. The van der Waals surface area contributed by atoms with E-state index < -0.39 is 0 Å². The molecule has 5 nitrogen and oxygen atoms in total. The zero-order valence-corrected chi connectivity index (χ0v) is 15.5. The normalized spacial score (nSPS) is 10.3. The van der Waals surface area contributed by atoms with Gasteiger partial charge in [0.15, 0.2) is 0 Å². The van der Waals surface area contributed by atoms with Crippen molar-refractivity contribution in [1.82, 2.24) is 4.98 Å². The zero-order valence-electron chi connectivity index (χ0n) is 15.5. The van der Waals surface area contributed by atoms with Crippen molar-refractivity contribution in [3.05, 3.63) is 83.6 Å². The summed E-state index contributed by atoms with van der Waals surface area (Å²) >= 11 is 0. The maximum atomic E-state index is 12.5. The van der Waals surface area contributed by atoms with E-state index in [0.29, 0.717) is 30.2 Å². The Morgan fingerprint density at radius 1 is 1.04 bits per heavy atom. The van der Waals surface area contributed by atoms with Gasteiger partial charge in [0.2, 0.25) is 0 Å². The Kier molecular flexibility index (Phi) is 6.05. The highest BCUT2D eigenvalue weighted by Gasteiger charge is 2.10. The molecule has 0 atom stereocenters. The summed E-state index contributed by atoms with van der Waals surface area (Å²) < 4.78 is 5.53. The molecule has 27 heavy (non-hydrogen) atoms. The molecule has 0 spiro atoms. The molecule has 3 aromatic rings. The number of ether oxygens (including phenoxy) is 1. The van der Waals surface area contributed by atoms with Crippen LogP contribution in [0, 0.1) is 6.92 Å². The maximum absolute atomic E-state index is 12.5. The van der Waals surface area contributed by atoms with Crippen LogP contribution in [-0.4, -0.2) is 17.5 Å². The highest BCUT2D eigenvalue weighted by Crippen LogP contribution is 2.24. The first-order chi connectivity index (χ1) is 13.2. The average molecular weight is 361 g/mol. The van der Waals surface area contributed by atoms with Crippen molar-refractivity contribution in [2.24, 2.45) is 0 Å². The number of amides is 1. The van der Waals surface area contributed by atoms with Gasteiger partial charge in [0, 0.05) is 12.7 Å². The minimum absolute atomic E-state index is 0.222. The van der Waals surface area contributed by atoms with Crippen molar-refractivity contribution in [2.75, 3.05) is 17.2 Å². The van der Waals surface area contributed by atoms with Gasteiger partial charge in [-0.1, -0.05) is 42.0 Å².